The molecule has 0 aliphatic rings. The van der Waals surface area contributed by atoms with Crippen LogP contribution >= 0.6 is 0 Å². The fraction of sp³-hybridized carbons (Fsp3) is 0.130. The molecule has 0 bridgehead atoms. The quantitative estimate of drug-likeness (QED) is 0.269. The number of hydrogen-bond donors (Lipinski definition) is 1. The highest BCUT2D eigenvalue weighted by atomic mass is 16.6. The SMILES string of the molecule is COc1ccc(/C=N\NC(=O)c2ccc(C)cc2OC)cc1Oc1ccc([N+](=O)[O-])cc1[N+](=O)[O-]. The largest absolute Gasteiger partial charge is 0.496 e. The predicted molar refractivity (Wildman–Crippen MR) is 126 cm³/mol. The van der Waals surface area contributed by atoms with E-state index in [-0.39, 0.29) is 17.2 Å². The van der Waals surface area contributed by atoms with Crippen LogP contribution in [-0.4, -0.2) is 36.2 Å². The van der Waals surface area contributed by atoms with Gasteiger partial charge in [-0.2, -0.15) is 5.10 Å². The van der Waals surface area contributed by atoms with E-state index < -0.39 is 27.1 Å². The molecule has 0 radical (unpaired) electrons. The Kier molecular flexibility index (Phi) is 7.56. The zero-order valence-corrected chi connectivity index (χ0v) is 18.9. The zero-order chi connectivity index (χ0) is 25.5. The van der Waals surface area contributed by atoms with Crippen LogP contribution in [0.15, 0.2) is 59.7 Å². The number of carbonyl (C=O) groups is 1. The minimum atomic E-state index is -0.783. The van der Waals surface area contributed by atoms with Crippen LogP contribution < -0.4 is 19.6 Å². The lowest BCUT2D eigenvalue weighted by Gasteiger charge is -2.11. The fourth-order valence-corrected chi connectivity index (χ4v) is 3.03. The molecule has 0 unspecified atom stereocenters. The first-order valence-corrected chi connectivity index (χ1v) is 10.00. The Balaban J connectivity index is 1.83. The average molecular weight is 480 g/mol. The summed E-state index contributed by atoms with van der Waals surface area (Å²) in [5.41, 5.74) is 3.09. The molecule has 12 nitrogen and oxygen atoms in total. The van der Waals surface area contributed by atoms with Gasteiger partial charge in [-0.25, -0.2) is 5.43 Å². The number of benzene rings is 3. The lowest BCUT2D eigenvalue weighted by atomic mass is 10.1. The van der Waals surface area contributed by atoms with Crippen molar-refractivity contribution in [1.29, 1.82) is 0 Å². The number of hydrogen-bond acceptors (Lipinski definition) is 9. The standard InChI is InChI=1S/C23H20N4O8/c1-14-4-7-17(21(10-14)34-3)23(28)25-24-13-15-5-8-20(33-2)22(11-15)35-19-9-6-16(26(29)30)12-18(19)27(31)32/h4-13H,1-3H3,(H,25,28)/b24-13-. The normalized spacial score (nSPS) is 10.6. The molecule has 0 spiro atoms. The van der Waals surface area contributed by atoms with Crippen molar-refractivity contribution in [2.45, 2.75) is 6.92 Å². The molecule has 3 aromatic carbocycles. The number of nitro groups is 2. The van der Waals surface area contributed by atoms with Gasteiger partial charge in [-0.1, -0.05) is 6.07 Å². The number of ether oxygens (including phenoxy) is 3. The van der Waals surface area contributed by atoms with Crippen molar-refractivity contribution in [3.05, 3.63) is 91.5 Å². The van der Waals surface area contributed by atoms with Gasteiger partial charge in [-0.3, -0.25) is 25.0 Å². The third kappa shape index (κ3) is 5.87. The van der Waals surface area contributed by atoms with Gasteiger partial charge in [0, 0.05) is 6.07 Å². The molecule has 3 rings (SSSR count). The van der Waals surface area contributed by atoms with Crippen LogP contribution in [0.1, 0.15) is 21.5 Å². The summed E-state index contributed by atoms with van der Waals surface area (Å²) in [6.07, 6.45) is 1.34. The van der Waals surface area contributed by atoms with Crippen LogP contribution in [-0.2, 0) is 0 Å². The smallest absolute Gasteiger partial charge is 0.318 e. The Labute approximate surface area is 199 Å². The Bertz CT molecular complexity index is 1320. The molecular weight excluding hydrogens is 460 g/mol. The number of nitrogens with zero attached hydrogens (tertiary/aromatic N) is 3. The van der Waals surface area contributed by atoms with Crippen molar-refractivity contribution in [3.63, 3.8) is 0 Å². The van der Waals surface area contributed by atoms with Crippen molar-refractivity contribution in [2.75, 3.05) is 14.2 Å². The van der Waals surface area contributed by atoms with Crippen LogP contribution in [0, 0.1) is 27.2 Å². The minimum absolute atomic E-state index is 0.0972. The van der Waals surface area contributed by atoms with E-state index in [1.165, 1.54) is 26.5 Å². The van der Waals surface area contributed by atoms with Crippen LogP contribution in [0.5, 0.6) is 23.0 Å². The van der Waals surface area contributed by atoms with Gasteiger partial charge in [0.15, 0.2) is 11.5 Å². The Morgan fingerprint density at radius 1 is 0.886 bits per heavy atom. The van der Waals surface area contributed by atoms with E-state index in [2.05, 4.69) is 10.5 Å². The molecule has 0 saturated carbocycles. The molecule has 0 aliphatic carbocycles. The number of aryl methyl sites for hydroxylation is 1. The summed E-state index contributed by atoms with van der Waals surface area (Å²) in [6.45, 7) is 1.87. The summed E-state index contributed by atoms with van der Waals surface area (Å²) >= 11 is 0. The van der Waals surface area contributed by atoms with E-state index in [0.29, 0.717) is 16.9 Å². The van der Waals surface area contributed by atoms with Crippen LogP contribution in [0.25, 0.3) is 0 Å². The maximum atomic E-state index is 12.4. The van der Waals surface area contributed by atoms with Gasteiger partial charge in [0.05, 0.1) is 41.9 Å². The van der Waals surface area contributed by atoms with Gasteiger partial charge in [0.1, 0.15) is 5.75 Å². The lowest BCUT2D eigenvalue weighted by molar-refractivity contribution is -0.394. The van der Waals surface area contributed by atoms with Crippen LogP contribution in [0.2, 0.25) is 0 Å². The van der Waals surface area contributed by atoms with E-state index in [1.54, 1.807) is 30.3 Å². The summed E-state index contributed by atoms with van der Waals surface area (Å²) in [4.78, 5) is 33.3. The zero-order valence-electron chi connectivity index (χ0n) is 18.9. The molecule has 0 atom stereocenters. The molecule has 3 aromatic rings. The van der Waals surface area contributed by atoms with Gasteiger partial charge in [-0.15, -0.1) is 0 Å². The number of amides is 1. The lowest BCUT2D eigenvalue weighted by Crippen LogP contribution is -2.18. The van der Waals surface area contributed by atoms with Crippen molar-refractivity contribution in [3.8, 4) is 23.0 Å². The first-order chi connectivity index (χ1) is 16.7. The molecule has 0 aromatic heterocycles. The summed E-state index contributed by atoms with van der Waals surface area (Å²) in [6, 6.07) is 12.8. The Morgan fingerprint density at radius 3 is 2.26 bits per heavy atom. The van der Waals surface area contributed by atoms with E-state index in [0.717, 1.165) is 23.8 Å². The number of nitrogens with one attached hydrogen (secondary N) is 1. The minimum Gasteiger partial charge on any atom is -0.496 e. The Hall–Kier alpha value is -5.00. The molecule has 1 amide bonds. The van der Waals surface area contributed by atoms with E-state index >= 15 is 0 Å². The highest BCUT2D eigenvalue weighted by Gasteiger charge is 2.22. The number of nitro benzene ring substituents is 2. The van der Waals surface area contributed by atoms with Gasteiger partial charge < -0.3 is 14.2 Å². The van der Waals surface area contributed by atoms with E-state index in [1.807, 2.05) is 6.92 Å². The van der Waals surface area contributed by atoms with Crippen LogP contribution in [0.3, 0.4) is 0 Å². The first-order valence-electron chi connectivity index (χ1n) is 10.00. The predicted octanol–water partition coefficient (Wildman–Crippen LogP) is 4.38. The second-order valence-electron chi connectivity index (χ2n) is 7.08. The summed E-state index contributed by atoms with van der Waals surface area (Å²) in [7, 11) is 2.85. The molecule has 180 valence electrons. The van der Waals surface area contributed by atoms with Gasteiger partial charge >= 0.3 is 5.69 Å². The first kappa shape index (κ1) is 24.6. The molecule has 0 saturated heterocycles. The second kappa shape index (κ2) is 10.7. The molecular formula is C23H20N4O8. The van der Waals surface area contributed by atoms with E-state index in [4.69, 9.17) is 14.2 Å². The highest BCUT2D eigenvalue weighted by molar-refractivity contribution is 5.97. The topological polar surface area (TPSA) is 155 Å². The fourth-order valence-electron chi connectivity index (χ4n) is 3.03. The summed E-state index contributed by atoms with van der Waals surface area (Å²) in [5.74, 6) is 0.0584. The number of carbonyl (C=O) groups excluding carboxylic acids is 1. The Morgan fingerprint density at radius 2 is 1.60 bits per heavy atom. The van der Waals surface area contributed by atoms with Crippen molar-refractivity contribution in [1.82, 2.24) is 5.43 Å². The molecule has 0 heterocycles. The molecule has 0 aliphatic heterocycles. The summed E-state index contributed by atoms with van der Waals surface area (Å²) < 4.78 is 16.1. The number of rotatable bonds is 9. The van der Waals surface area contributed by atoms with Gasteiger partial charge in [0.25, 0.3) is 11.6 Å². The number of hydrazone groups is 1. The van der Waals surface area contributed by atoms with Crippen molar-refractivity contribution in [2.24, 2.45) is 5.10 Å². The average Bonchev–Trinajstić information content (AvgIpc) is 2.84. The maximum absolute atomic E-state index is 12.4. The van der Waals surface area contributed by atoms with Gasteiger partial charge in [0.2, 0.25) is 5.75 Å². The number of non-ortho nitro benzene ring substituents is 1. The highest BCUT2D eigenvalue weighted by Crippen LogP contribution is 2.38. The van der Waals surface area contributed by atoms with Crippen molar-refractivity contribution < 1.29 is 28.9 Å². The number of methoxy groups -OCH3 is 2. The molecule has 1 N–H and O–H groups in total. The maximum Gasteiger partial charge on any atom is 0.318 e. The van der Waals surface area contributed by atoms with Crippen molar-refractivity contribution >= 4 is 23.5 Å². The third-order valence-corrected chi connectivity index (χ3v) is 4.74. The molecule has 0 fully saturated rings. The van der Waals surface area contributed by atoms with Gasteiger partial charge in [-0.05, 0) is 54.4 Å². The second-order valence-corrected chi connectivity index (χ2v) is 7.08. The van der Waals surface area contributed by atoms with E-state index in [9.17, 15) is 25.0 Å². The summed E-state index contributed by atoms with van der Waals surface area (Å²) in [5, 5.41) is 26.3. The molecule has 12 heteroatoms. The monoisotopic (exact) mass is 480 g/mol. The third-order valence-electron chi connectivity index (χ3n) is 4.74. The van der Waals surface area contributed by atoms with Crippen LogP contribution in [0.4, 0.5) is 11.4 Å². The molecule has 35 heavy (non-hydrogen) atoms.